The molecule has 4 nitrogen and oxygen atoms in total. The van der Waals surface area contributed by atoms with Gasteiger partial charge in [-0.3, -0.25) is 14.3 Å². The average Bonchev–Trinajstić information content (AvgIpc) is 2.30. The minimum atomic E-state index is -0.202. The normalized spacial score (nSPS) is 10.5. The van der Waals surface area contributed by atoms with E-state index in [0.29, 0.717) is 6.54 Å². The van der Waals surface area contributed by atoms with Gasteiger partial charge in [-0.2, -0.15) is 0 Å². The molecule has 2 aromatic heterocycles. The van der Waals surface area contributed by atoms with Gasteiger partial charge >= 0.3 is 0 Å². The third-order valence-electron chi connectivity index (χ3n) is 2.22. The van der Waals surface area contributed by atoms with Crippen molar-refractivity contribution in [3.63, 3.8) is 0 Å². The molecule has 0 saturated carbocycles. The van der Waals surface area contributed by atoms with Crippen molar-refractivity contribution in [2.75, 3.05) is 0 Å². The fourth-order valence-electron chi connectivity index (χ4n) is 1.46. The highest BCUT2D eigenvalue weighted by Gasteiger charge is 2.07. The van der Waals surface area contributed by atoms with Crippen molar-refractivity contribution in [2.24, 2.45) is 0 Å². The maximum absolute atomic E-state index is 11.9. The second kappa shape index (κ2) is 4.98. The van der Waals surface area contributed by atoms with E-state index >= 15 is 0 Å². The number of aromatic nitrogens is 3. The first-order valence-corrected chi connectivity index (χ1v) is 6.06. The molecule has 0 fully saturated rings. The van der Waals surface area contributed by atoms with Crippen LogP contribution in [0.4, 0.5) is 0 Å². The number of hydrogen-bond acceptors (Lipinski definition) is 3. The first-order chi connectivity index (χ1) is 8.08. The maximum Gasteiger partial charge on any atom is 0.269 e. The van der Waals surface area contributed by atoms with E-state index in [4.69, 9.17) is 11.6 Å². The Bertz CT molecular complexity index is 612. The van der Waals surface area contributed by atoms with Gasteiger partial charge in [0.15, 0.2) is 5.15 Å². The van der Waals surface area contributed by atoms with Crippen LogP contribution in [-0.4, -0.2) is 14.5 Å². The number of halogens is 2. The summed E-state index contributed by atoms with van der Waals surface area (Å²) in [5.74, 6) is 0. The van der Waals surface area contributed by atoms with Gasteiger partial charge in [0.2, 0.25) is 0 Å². The molecule has 0 unspecified atom stereocenters. The fourth-order valence-corrected chi connectivity index (χ4v) is 1.91. The molecule has 0 radical (unpaired) electrons. The number of aryl methyl sites for hydroxylation is 1. The summed E-state index contributed by atoms with van der Waals surface area (Å²) in [4.78, 5) is 19.8. The molecule has 0 aliphatic heterocycles. The summed E-state index contributed by atoms with van der Waals surface area (Å²) in [6, 6.07) is 1.97. The van der Waals surface area contributed by atoms with Crippen LogP contribution >= 0.6 is 27.5 Å². The van der Waals surface area contributed by atoms with Crippen LogP contribution in [-0.2, 0) is 6.54 Å². The second-order valence-corrected chi connectivity index (χ2v) is 4.80. The Labute approximate surface area is 111 Å². The van der Waals surface area contributed by atoms with E-state index in [2.05, 4.69) is 25.9 Å². The minimum absolute atomic E-state index is 0.175. The predicted octanol–water partition coefficient (Wildman–Crippen LogP) is 2.41. The first-order valence-electron chi connectivity index (χ1n) is 4.89. The Kier molecular flexibility index (Phi) is 3.59. The monoisotopic (exact) mass is 313 g/mol. The SMILES string of the molecule is Cc1cncc(Cn2cnc(Cl)c(Br)c2=O)c1. The van der Waals surface area contributed by atoms with Crippen LogP contribution in [0.2, 0.25) is 5.15 Å². The Morgan fingerprint density at radius 2 is 2.24 bits per heavy atom. The summed E-state index contributed by atoms with van der Waals surface area (Å²) in [5.41, 5.74) is 1.80. The molecule has 2 rings (SSSR count). The van der Waals surface area contributed by atoms with Gasteiger partial charge in [-0.25, -0.2) is 4.98 Å². The van der Waals surface area contributed by atoms with Crippen LogP contribution in [0.15, 0.2) is 34.1 Å². The molecule has 2 heterocycles. The van der Waals surface area contributed by atoms with Crippen LogP contribution < -0.4 is 5.56 Å². The van der Waals surface area contributed by atoms with Crippen LogP contribution in [0.5, 0.6) is 0 Å². The Hall–Kier alpha value is -1.20. The standard InChI is InChI=1S/C11H9BrClN3O/c1-7-2-8(4-14-3-7)5-16-6-15-10(13)9(12)11(16)17/h2-4,6H,5H2,1H3. The molecule has 17 heavy (non-hydrogen) atoms. The number of hydrogen-bond donors (Lipinski definition) is 0. The first kappa shape index (κ1) is 12.3. The molecule has 0 spiro atoms. The van der Waals surface area contributed by atoms with E-state index in [9.17, 15) is 4.79 Å². The summed E-state index contributed by atoms with van der Waals surface area (Å²) < 4.78 is 1.76. The topological polar surface area (TPSA) is 47.8 Å². The summed E-state index contributed by atoms with van der Waals surface area (Å²) >= 11 is 8.84. The lowest BCUT2D eigenvalue weighted by atomic mass is 10.2. The lowest BCUT2D eigenvalue weighted by molar-refractivity contribution is 0.728. The predicted molar refractivity (Wildman–Crippen MR) is 69.3 cm³/mol. The lowest BCUT2D eigenvalue weighted by Crippen LogP contribution is -2.22. The van der Waals surface area contributed by atoms with E-state index < -0.39 is 0 Å². The number of nitrogens with zero attached hydrogens (tertiary/aromatic N) is 3. The molecule has 0 amide bonds. The van der Waals surface area contributed by atoms with Crippen molar-refractivity contribution < 1.29 is 0 Å². The molecule has 0 aromatic carbocycles. The van der Waals surface area contributed by atoms with E-state index in [1.807, 2.05) is 13.0 Å². The van der Waals surface area contributed by atoms with Gasteiger partial charge in [-0.1, -0.05) is 17.7 Å². The molecule has 0 aliphatic rings. The quantitative estimate of drug-likeness (QED) is 0.800. The molecular formula is C11H9BrClN3O. The smallest absolute Gasteiger partial charge is 0.269 e. The Balaban J connectivity index is 2.37. The molecule has 0 saturated heterocycles. The maximum atomic E-state index is 11.9. The van der Waals surface area contributed by atoms with E-state index in [1.165, 1.54) is 10.9 Å². The van der Waals surface area contributed by atoms with Gasteiger partial charge in [0, 0.05) is 12.4 Å². The Morgan fingerprint density at radius 3 is 2.94 bits per heavy atom. The third-order valence-corrected chi connectivity index (χ3v) is 3.45. The van der Waals surface area contributed by atoms with Gasteiger partial charge in [0.25, 0.3) is 5.56 Å². The van der Waals surface area contributed by atoms with Crippen LogP contribution in [0.1, 0.15) is 11.1 Å². The summed E-state index contributed by atoms with van der Waals surface area (Å²) in [7, 11) is 0. The van der Waals surface area contributed by atoms with Crippen molar-refractivity contribution in [2.45, 2.75) is 13.5 Å². The highest BCUT2D eigenvalue weighted by atomic mass is 79.9. The van der Waals surface area contributed by atoms with Crippen LogP contribution in [0.25, 0.3) is 0 Å². The van der Waals surface area contributed by atoms with E-state index in [0.717, 1.165) is 11.1 Å². The van der Waals surface area contributed by atoms with Crippen molar-refractivity contribution in [1.82, 2.24) is 14.5 Å². The molecule has 88 valence electrons. The van der Waals surface area contributed by atoms with Gasteiger partial charge < -0.3 is 0 Å². The molecule has 0 N–H and O–H groups in total. The molecule has 0 aliphatic carbocycles. The van der Waals surface area contributed by atoms with Crippen molar-refractivity contribution in [3.8, 4) is 0 Å². The molecule has 6 heteroatoms. The van der Waals surface area contributed by atoms with Crippen molar-refractivity contribution in [1.29, 1.82) is 0 Å². The van der Waals surface area contributed by atoms with Crippen molar-refractivity contribution >= 4 is 27.5 Å². The van der Waals surface area contributed by atoms with E-state index in [1.54, 1.807) is 12.4 Å². The summed E-state index contributed by atoms with van der Waals surface area (Å²) in [6.07, 6.45) is 4.92. The average molecular weight is 315 g/mol. The largest absolute Gasteiger partial charge is 0.294 e. The van der Waals surface area contributed by atoms with Crippen LogP contribution in [0, 0.1) is 6.92 Å². The van der Waals surface area contributed by atoms with Crippen LogP contribution in [0.3, 0.4) is 0 Å². The molecule has 0 atom stereocenters. The molecule has 2 aromatic rings. The summed E-state index contributed by atoms with van der Waals surface area (Å²) in [5, 5.41) is 0.175. The highest BCUT2D eigenvalue weighted by Crippen LogP contribution is 2.14. The third kappa shape index (κ3) is 2.73. The lowest BCUT2D eigenvalue weighted by Gasteiger charge is -2.06. The minimum Gasteiger partial charge on any atom is -0.294 e. The van der Waals surface area contributed by atoms with Gasteiger partial charge in [0.05, 0.1) is 12.9 Å². The van der Waals surface area contributed by atoms with Gasteiger partial charge in [0.1, 0.15) is 4.47 Å². The number of pyridine rings is 1. The van der Waals surface area contributed by atoms with Gasteiger partial charge in [-0.05, 0) is 34.0 Å². The number of rotatable bonds is 2. The van der Waals surface area contributed by atoms with E-state index in [-0.39, 0.29) is 15.2 Å². The summed E-state index contributed by atoms with van der Waals surface area (Å²) in [6.45, 7) is 2.38. The highest BCUT2D eigenvalue weighted by molar-refractivity contribution is 9.10. The van der Waals surface area contributed by atoms with Gasteiger partial charge in [-0.15, -0.1) is 0 Å². The molecule has 0 bridgehead atoms. The molecular weight excluding hydrogens is 305 g/mol. The fraction of sp³-hybridized carbons (Fsp3) is 0.182. The zero-order valence-electron chi connectivity index (χ0n) is 9.02. The Morgan fingerprint density at radius 1 is 1.47 bits per heavy atom. The zero-order valence-corrected chi connectivity index (χ0v) is 11.4. The second-order valence-electron chi connectivity index (χ2n) is 3.65. The van der Waals surface area contributed by atoms with Crippen molar-refractivity contribution in [3.05, 3.63) is 55.9 Å². The zero-order chi connectivity index (χ0) is 12.4.